The molecule has 11 heteroatoms. The number of nitrogens with zero attached hydrogens (tertiary/aromatic N) is 3. The minimum Gasteiger partial charge on any atom is -0.376 e. The third kappa shape index (κ3) is 4.65. The van der Waals surface area contributed by atoms with Crippen LogP contribution >= 0.6 is 0 Å². The van der Waals surface area contributed by atoms with Crippen molar-refractivity contribution in [2.45, 2.75) is 63.4 Å². The Labute approximate surface area is 185 Å². The van der Waals surface area contributed by atoms with Gasteiger partial charge in [0.25, 0.3) is 0 Å². The molecule has 0 saturated heterocycles. The van der Waals surface area contributed by atoms with Crippen molar-refractivity contribution >= 4 is 15.7 Å². The van der Waals surface area contributed by atoms with E-state index in [2.05, 4.69) is 9.97 Å². The van der Waals surface area contributed by atoms with Crippen molar-refractivity contribution in [2.24, 2.45) is 0 Å². The molecule has 0 bridgehead atoms. The highest BCUT2D eigenvalue weighted by Gasteiger charge is 2.51. The Morgan fingerprint density at radius 3 is 2.66 bits per heavy atom. The van der Waals surface area contributed by atoms with Crippen LogP contribution in [0.25, 0.3) is 0 Å². The van der Waals surface area contributed by atoms with Crippen LogP contribution in [0.1, 0.15) is 42.5 Å². The second-order valence-corrected chi connectivity index (χ2v) is 10.4. The molecule has 2 heterocycles. The van der Waals surface area contributed by atoms with Gasteiger partial charge in [0.1, 0.15) is 0 Å². The van der Waals surface area contributed by atoms with Crippen molar-refractivity contribution in [3.63, 3.8) is 0 Å². The maximum Gasteiger partial charge on any atom is 0.511 e. The van der Waals surface area contributed by atoms with Gasteiger partial charge in [-0.05, 0) is 30.9 Å². The Morgan fingerprint density at radius 1 is 1.25 bits per heavy atom. The zero-order valence-corrected chi connectivity index (χ0v) is 18.6. The predicted octanol–water partition coefficient (Wildman–Crippen LogP) is 3.72. The summed E-state index contributed by atoms with van der Waals surface area (Å²) < 4.78 is 71.9. The molecule has 176 valence electrons. The summed E-state index contributed by atoms with van der Waals surface area (Å²) in [4.78, 5) is 9.03. The molecule has 1 aromatic carbocycles. The highest BCUT2D eigenvalue weighted by atomic mass is 32.2. The zero-order chi connectivity index (χ0) is 22.9. The van der Waals surface area contributed by atoms with Crippen LogP contribution < -0.4 is 4.90 Å². The quantitative estimate of drug-likeness (QED) is 0.694. The highest BCUT2D eigenvalue weighted by molar-refractivity contribution is 7.89. The number of ether oxygens (including phenoxy) is 1. The summed E-state index contributed by atoms with van der Waals surface area (Å²) >= 11 is 0. The van der Waals surface area contributed by atoms with E-state index in [-0.39, 0.29) is 25.8 Å². The molecule has 2 aromatic rings. The molecule has 32 heavy (non-hydrogen) atoms. The van der Waals surface area contributed by atoms with Crippen LogP contribution in [0.3, 0.4) is 0 Å². The molecule has 1 saturated carbocycles. The van der Waals surface area contributed by atoms with Gasteiger partial charge in [0.05, 0.1) is 37.3 Å². The molecule has 0 amide bonds. The Kier molecular flexibility index (Phi) is 6.51. The third-order valence-electron chi connectivity index (χ3n) is 6.16. The van der Waals surface area contributed by atoms with Crippen molar-refractivity contribution in [2.75, 3.05) is 18.1 Å². The van der Waals surface area contributed by atoms with E-state index in [1.54, 1.807) is 18.3 Å². The Morgan fingerprint density at radius 2 is 2.00 bits per heavy atom. The van der Waals surface area contributed by atoms with Crippen LogP contribution in [0, 0.1) is 6.92 Å². The van der Waals surface area contributed by atoms with Crippen LogP contribution in [0.2, 0.25) is 0 Å². The zero-order valence-electron chi connectivity index (χ0n) is 17.8. The summed E-state index contributed by atoms with van der Waals surface area (Å²) in [7, 11) is -5.50. The number of rotatable bonds is 6. The van der Waals surface area contributed by atoms with E-state index >= 15 is 0 Å². The van der Waals surface area contributed by atoms with Crippen molar-refractivity contribution in [3.8, 4) is 0 Å². The van der Waals surface area contributed by atoms with Crippen molar-refractivity contribution in [3.05, 3.63) is 47.5 Å². The van der Waals surface area contributed by atoms with E-state index in [9.17, 15) is 21.6 Å². The average Bonchev–Trinajstić information content (AvgIpc) is 3.39. The van der Waals surface area contributed by atoms with Gasteiger partial charge in [0.15, 0.2) is 0 Å². The molecule has 1 fully saturated rings. The molecule has 2 aliphatic rings. The number of sulfonamides is 1. The van der Waals surface area contributed by atoms with Crippen LogP contribution in [0.4, 0.5) is 18.9 Å². The summed E-state index contributed by atoms with van der Waals surface area (Å²) in [5, 5.41) is 0. The van der Waals surface area contributed by atoms with Crippen LogP contribution in [-0.4, -0.2) is 53.5 Å². The average molecular weight is 473 g/mol. The number of aryl methyl sites for hydroxylation is 1. The molecule has 4 rings (SSSR count). The van der Waals surface area contributed by atoms with Crippen LogP contribution in [0.15, 0.2) is 30.7 Å². The lowest BCUT2D eigenvalue weighted by molar-refractivity contribution is -0.0495. The van der Waals surface area contributed by atoms with E-state index in [1.165, 1.54) is 6.33 Å². The van der Waals surface area contributed by atoms with Crippen LogP contribution in [-0.2, 0) is 27.8 Å². The lowest BCUT2D eigenvalue weighted by atomic mass is 10.1. The number of hydrogen-bond acceptors (Lipinski definition) is 5. The second-order valence-electron chi connectivity index (χ2n) is 8.42. The lowest BCUT2D eigenvalue weighted by Gasteiger charge is -2.35. The molecule has 1 aliphatic heterocycles. The van der Waals surface area contributed by atoms with Gasteiger partial charge in [-0.15, -0.1) is 0 Å². The molecule has 1 aliphatic carbocycles. The van der Waals surface area contributed by atoms with E-state index in [4.69, 9.17) is 4.74 Å². The highest BCUT2D eigenvalue weighted by Crippen LogP contribution is 2.37. The minimum absolute atomic E-state index is 0.0521. The smallest absolute Gasteiger partial charge is 0.376 e. The van der Waals surface area contributed by atoms with Crippen molar-refractivity contribution in [1.29, 1.82) is 0 Å². The summed E-state index contributed by atoms with van der Waals surface area (Å²) in [5.74, 6) is 0. The standard InChI is InChI=1S/C21H27F3N4O3S/c1-15-5-4-6-16-10-27(32(29,30)21(22,23)24)12-18(13-31-19-7-2-3-8-19)28(20(15)16)11-17-9-25-14-26-17/h4-6,9,14,18-19H,2-3,7-8,10-13H2,1H3,(H,25,26)/t18-/m1/s1. The number of alkyl halides is 3. The third-order valence-corrected chi connectivity index (χ3v) is 7.71. The van der Waals surface area contributed by atoms with E-state index in [0.29, 0.717) is 16.4 Å². The van der Waals surface area contributed by atoms with Gasteiger partial charge in [-0.3, -0.25) is 0 Å². The number of H-pyrrole nitrogens is 1. The SMILES string of the molecule is Cc1cccc2c1N(Cc1cnc[nH]1)[C@@H](COC1CCCC1)CN(S(=O)(=O)C(F)(F)F)C2. The Bertz CT molecular complexity index is 1020. The molecular formula is C21H27F3N4O3S. The maximum atomic E-state index is 13.5. The summed E-state index contributed by atoms with van der Waals surface area (Å²) in [6.07, 6.45) is 7.18. The molecule has 0 unspecified atom stereocenters. The number of halogens is 3. The van der Waals surface area contributed by atoms with Gasteiger partial charge in [-0.1, -0.05) is 31.0 Å². The van der Waals surface area contributed by atoms with Gasteiger partial charge in [0, 0.05) is 25.0 Å². The van der Waals surface area contributed by atoms with Crippen molar-refractivity contribution < 1.29 is 26.3 Å². The first-order valence-electron chi connectivity index (χ1n) is 10.7. The van der Waals surface area contributed by atoms with E-state index in [0.717, 1.165) is 42.6 Å². The van der Waals surface area contributed by atoms with Gasteiger partial charge in [0.2, 0.25) is 0 Å². The first-order valence-corrected chi connectivity index (χ1v) is 12.1. The number of nitrogens with one attached hydrogen (secondary N) is 1. The first kappa shape index (κ1) is 23.1. The number of para-hydroxylation sites is 1. The van der Waals surface area contributed by atoms with Gasteiger partial charge in [-0.25, -0.2) is 13.4 Å². The second kappa shape index (κ2) is 9.03. The monoisotopic (exact) mass is 472 g/mol. The predicted molar refractivity (Wildman–Crippen MR) is 113 cm³/mol. The molecule has 0 spiro atoms. The van der Waals surface area contributed by atoms with E-state index < -0.39 is 21.6 Å². The molecular weight excluding hydrogens is 445 g/mol. The maximum absolute atomic E-state index is 13.5. The first-order chi connectivity index (χ1) is 15.2. The lowest BCUT2D eigenvalue weighted by Crippen LogP contribution is -2.49. The molecule has 1 N–H and O–H groups in total. The van der Waals surface area contributed by atoms with Gasteiger partial charge in [-0.2, -0.15) is 17.5 Å². The number of aromatic amines is 1. The van der Waals surface area contributed by atoms with Crippen LogP contribution in [0.5, 0.6) is 0 Å². The Balaban J connectivity index is 1.74. The summed E-state index contributed by atoms with van der Waals surface area (Å²) in [6, 6.07) is 4.69. The Hall–Kier alpha value is -2.11. The number of aromatic nitrogens is 2. The normalized spacial score (nSPS) is 21.0. The number of anilines is 1. The number of imidazole rings is 1. The number of hydrogen-bond donors (Lipinski definition) is 1. The number of benzene rings is 1. The largest absolute Gasteiger partial charge is 0.511 e. The minimum atomic E-state index is -5.50. The summed E-state index contributed by atoms with van der Waals surface area (Å²) in [5.41, 5.74) is -2.47. The fourth-order valence-corrected chi connectivity index (χ4v) is 5.54. The number of fused-ring (bicyclic) bond motifs is 1. The summed E-state index contributed by atoms with van der Waals surface area (Å²) in [6.45, 7) is 1.68. The fourth-order valence-electron chi connectivity index (χ4n) is 4.57. The molecule has 1 aromatic heterocycles. The molecule has 7 nitrogen and oxygen atoms in total. The topological polar surface area (TPSA) is 78.5 Å². The van der Waals surface area contributed by atoms with E-state index in [1.807, 2.05) is 17.9 Å². The molecule has 0 radical (unpaired) electrons. The van der Waals surface area contributed by atoms with Gasteiger partial charge < -0.3 is 14.6 Å². The fraction of sp³-hybridized carbons (Fsp3) is 0.571. The molecule has 1 atom stereocenters. The van der Waals surface area contributed by atoms with Crippen molar-refractivity contribution in [1.82, 2.24) is 14.3 Å². The van der Waals surface area contributed by atoms with Gasteiger partial charge >= 0.3 is 15.5 Å².